The van der Waals surface area contributed by atoms with Gasteiger partial charge in [-0.15, -0.1) is 0 Å². The van der Waals surface area contributed by atoms with Crippen LogP contribution in [0.15, 0.2) is 104 Å². The van der Waals surface area contributed by atoms with Gasteiger partial charge in [0, 0.05) is 15.6 Å². The number of aryl methyl sites for hydroxylation is 3. The summed E-state index contributed by atoms with van der Waals surface area (Å²) in [5.41, 5.74) is 2.55. The highest BCUT2D eigenvalue weighted by atomic mass is 79.9. The average molecular weight is 696 g/mol. The molecule has 0 aliphatic carbocycles. The van der Waals surface area contributed by atoms with E-state index in [4.69, 9.17) is 12.5 Å². The summed E-state index contributed by atoms with van der Waals surface area (Å²) in [5.74, 6) is -0.322. The molecule has 9 nitrogen and oxygen atoms in total. The highest BCUT2D eigenvalue weighted by Crippen LogP contribution is 2.34. The summed E-state index contributed by atoms with van der Waals surface area (Å²) in [6, 6.07) is 20.8. The fourth-order valence-corrected chi connectivity index (χ4v) is 7.05. The number of hydrogen-bond donors (Lipinski definition) is 0. The van der Waals surface area contributed by atoms with Crippen molar-refractivity contribution in [3.8, 4) is 5.75 Å². The Morgan fingerprint density at radius 1 is 0.524 bits per heavy atom. The van der Waals surface area contributed by atoms with Crippen molar-refractivity contribution >= 4 is 46.3 Å². The average Bonchev–Trinajstić information content (AvgIpc) is 2.93. The maximum absolute atomic E-state index is 13.3. The van der Waals surface area contributed by atoms with Crippen molar-refractivity contribution in [2.24, 2.45) is 0 Å². The van der Waals surface area contributed by atoms with Gasteiger partial charge in [0.15, 0.2) is 5.75 Å². The third-order valence-corrected chi connectivity index (χ3v) is 10.3. The lowest BCUT2D eigenvalue weighted by Crippen LogP contribution is -2.15. The normalized spacial score (nSPS) is 12.3. The first-order chi connectivity index (χ1) is 19.7. The summed E-state index contributed by atoms with van der Waals surface area (Å²) in [6.45, 7) is 4.16. The van der Waals surface area contributed by atoms with E-state index in [1.54, 1.807) is 57.2 Å². The minimum atomic E-state index is -4.43. The van der Waals surface area contributed by atoms with Crippen molar-refractivity contribution in [1.82, 2.24) is 0 Å². The molecule has 0 saturated carbocycles. The van der Waals surface area contributed by atoms with Crippen LogP contribution >= 0.6 is 15.9 Å². The molecular weight excluding hydrogens is 668 g/mol. The Labute approximate surface area is 254 Å². The maximum atomic E-state index is 13.3. The first-order valence-electron chi connectivity index (χ1n) is 12.4. The lowest BCUT2D eigenvalue weighted by molar-refractivity contribution is 0.296. The Morgan fingerprint density at radius 2 is 0.833 bits per heavy atom. The van der Waals surface area contributed by atoms with Crippen molar-refractivity contribution in [1.29, 1.82) is 0 Å². The van der Waals surface area contributed by atoms with Crippen LogP contribution in [0.3, 0.4) is 0 Å². The molecule has 222 valence electrons. The quantitative estimate of drug-likeness (QED) is 0.175. The first-order valence-corrected chi connectivity index (χ1v) is 17.4. The molecule has 0 radical (unpaired) electrons. The molecule has 0 spiro atoms. The van der Waals surface area contributed by atoms with Gasteiger partial charge in [-0.1, -0.05) is 69.0 Å². The Bertz CT molecular complexity index is 1800. The third kappa shape index (κ3) is 7.85. The van der Waals surface area contributed by atoms with Gasteiger partial charge in [0.05, 0.1) is 23.0 Å². The standard InChI is InChI=1S/C29H27BrO9S3/c1-20-4-10-26(11-5-20)40(31,32)37-18-23-16-25(30)17-24(19-38-41(33,34)27-12-6-21(2)7-13-27)29(23)39-42(35,36)28-14-8-22(3)9-15-28/h4-17H,18-19H2,1-3H3. The summed E-state index contributed by atoms with van der Waals surface area (Å²) >= 11 is 3.31. The van der Waals surface area contributed by atoms with Gasteiger partial charge in [-0.3, -0.25) is 8.37 Å². The van der Waals surface area contributed by atoms with E-state index >= 15 is 0 Å². The zero-order chi connectivity index (χ0) is 30.7. The van der Waals surface area contributed by atoms with Crippen LogP contribution in [-0.4, -0.2) is 25.3 Å². The molecule has 4 aromatic rings. The van der Waals surface area contributed by atoms with Crippen LogP contribution < -0.4 is 4.18 Å². The molecule has 0 aromatic heterocycles. The highest BCUT2D eigenvalue weighted by Gasteiger charge is 2.25. The van der Waals surface area contributed by atoms with E-state index in [1.807, 2.05) is 0 Å². The van der Waals surface area contributed by atoms with Crippen LogP contribution in [0.1, 0.15) is 27.8 Å². The molecular formula is C29H27BrO9S3. The van der Waals surface area contributed by atoms with Gasteiger partial charge in [0.1, 0.15) is 4.90 Å². The van der Waals surface area contributed by atoms with Gasteiger partial charge < -0.3 is 4.18 Å². The van der Waals surface area contributed by atoms with Crippen LogP contribution in [0.4, 0.5) is 0 Å². The van der Waals surface area contributed by atoms with Gasteiger partial charge in [-0.2, -0.15) is 25.3 Å². The maximum Gasteiger partial charge on any atom is 0.339 e. The fourth-order valence-electron chi connectivity index (χ4n) is 3.72. The summed E-state index contributed by atoms with van der Waals surface area (Å²) < 4.78 is 94.5. The van der Waals surface area contributed by atoms with Gasteiger partial charge in [0.25, 0.3) is 20.2 Å². The molecule has 0 saturated heterocycles. The largest absolute Gasteiger partial charge is 0.378 e. The zero-order valence-corrected chi connectivity index (χ0v) is 26.8. The Kier molecular flexibility index (Phi) is 9.60. The second-order valence-corrected chi connectivity index (χ2v) is 15.2. The molecule has 0 heterocycles. The van der Waals surface area contributed by atoms with Crippen LogP contribution in [0.25, 0.3) is 0 Å². The number of rotatable bonds is 11. The molecule has 0 aliphatic heterocycles. The van der Waals surface area contributed by atoms with Crippen molar-refractivity contribution in [2.75, 3.05) is 0 Å². The van der Waals surface area contributed by atoms with Crippen LogP contribution in [-0.2, 0) is 51.9 Å². The van der Waals surface area contributed by atoms with Crippen molar-refractivity contribution < 1.29 is 37.8 Å². The minimum Gasteiger partial charge on any atom is -0.378 e. The van der Waals surface area contributed by atoms with Gasteiger partial charge >= 0.3 is 10.1 Å². The van der Waals surface area contributed by atoms with E-state index in [2.05, 4.69) is 15.9 Å². The number of halogens is 1. The lowest BCUT2D eigenvalue weighted by Gasteiger charge is -2.17. The van der Waals surface area contributed by atoms with Gasteiger partial charge in [-0.25, -0.2) is 0 Å². The predicted octanol–water partition coefficient (Wildman–Crippen LogP) is 5.95. The van der Waals surface area contributed by atoms with Gasteiger partial charge in [0.2, 0.25) is 0 Å². The summed E-state index contributed by atoms with van der Waals surface area (Å²) in [6.07, 6.45) is 0. The molecule has 4 aromatic carbocycles. The molecule has 42 heavy (non-hydrogen) atoms. The number of hydrogen-bond acceptors (Lipinski definition) is 9. The van der Waals surface area contributed by atoms with Crippen molar-refractivity contribution in [2.45, 2.75) is 48.7 Å². The van der Waals surface area contributed by atoms with E-state index in [0.29, 0.717) is 4.47 Å². The van der Waals surface area contributed by atoms with Crippen molar-refractivity contribution in [3.05, 3.63) is 117 Å². The van der Waals surface area contributed by atoms with E-state index in [0.717, 1.165) is 16.7 Å². The van der Waals surface area contributed by atoms with E-state index in [1.165, 1.54) is 48.5 Å². The number of benzene rings is 4. The van der Waals surface area contributed by atoms with Crippen LogP contribution in [0.2, 0.25) is 0 Å². The molecule has 4 rings (SSSR count). The minimum absolute atomic E-state index is 0.0158. The van der Waals surface area contributed by atoms with E-state index in [-0.39, 0.29) is 31.6 Å². The molecule has 0 unspecified atom stereocenters. The molecule has 13 heteroatoms. The topological polar surface area (TPSA) is 130 Å². The Hall–Kier alpha value is -3.07. The zero-order valence-electron chi connectivity index (χ0n) is 22.8. The third-order valence-electron chi connectivity index (χ3n) is 6.07. The fraction of sp³-hybridized carbons (Fsp3) is 0.172. The molecule has 0 amide bonds. The Morgan fingerprint density at radius 3 is 1.17 bits per heavy atom. The summed E-state index contributed by atoms with van der Waals surface area (Å²) in [7, 11) is -12.9. The van der Waals surface area contributed by atoms with E-state index in [9.17, 15) is 25.3 Å². The second kappa shape index (κ2) is 12.7. The van der Waals surface area contributed by atoms with Gasteiger partial charge in [-0.05, 0) is 69.3 Å². The first kappa shape index (κ1) is 31.9. The Balaban J connectivity index is 1.72. The molecule has 0 atom stereocenters. The van der Waals surface area contributed by atoms with Crippen LogP contribution in [0, 0.1) is 20.8 Å². The molecule has 0 aliphatic rings. The SMILES string of the molecule is Cc1ccc(S(=O)(=O)OCc2cc(Br)cc(COS(=O)(=O)c3ccc(C)cc3)c2OS(=O)(=O)c2ccc(C)cc2)cc1. The molecule has 0 fully saturated rings. The molecule has 0 N–H and O–H groups in total. The second-order valence-electron chi connectivity index (χ2n) is 9.46. The van der Waals surface area contributed by atoms with Crippen LogP contribution in [0.5, 0.6) is 5.75 Å². The van der Waals surface area contributed by atoms with Crippen molar-refractivity contribution in [3.63, 3.8) is 0 Å². The lowest BCUT2D eigenvalue weighted by atomic mass is 10.1. The van der Waals surface area contributed by atoms with E-state index < -0.39 is 43.6 Å². The molecule has 0 bridgehead atoms. The highest BCUT2D eigenvalue weighted by molar-refractivity contribution is 9.10. The monoisotopic (exact) mass is 694 g/mol. The summed E-state index contributed by atoms with van der Waals surface area (Å²) in [5, 5.41) is 0. The predicted molar refractivity (Wildman–Crippen MR) is 159 cm³/mol. The summed E-state index contributed by atoms with van der Waals surface area (Å²) in [4.78, 5) is -0.342. The smallest absolute Gasteiger partial charge is 0.339 e.